The molecule has 21 heavy (non-hydrogen) atoms. The van der Waals surface area contributed by atoms with E-state index in [1.165, 1.54) is 0 Å². The van der Waals surface area contributed by atoms with Crippen LogP contribution < -0.4 is 16.2 Å². The van der Waals surface area contributed by atoms with Crippen LogP contribution in [0.1, 0.15) is 30.3 Å². The highest BCUT2D eigenvalue weighted by Crippen LogP contribution is 2.28. The Morgan fingerprint density at radius 2 is 2.05 bits per heavy atom. The molecule has 0 spiro atoms. The van der Waals surface area contributed by atoms with Crippen molar-refractivity contribution in [3.8, 4) is 0 Å². The molecule has 1 saturated heterocycles. The summed E-state index contributed by atoms with van der Waals surface area (Å²) in [4.78, 5) is 29.2. The number of H-pyrrole nitrogens is 1. The molecule has 7 heteroatoms. The average Bonchev–Trinajstić information content (AvgIpc) is 2.46. The van der Waals surface area contributed by atoms with Crippen molar-refractivity contribution in [3.63, 3.8) is 0 Å². The van der Waals surface area contributed by atoms with Gasteiger partial charge in [0, 0.05) is 25.1 Å². The topological polar surface area (TPSA) is 101 Å². The molecule has 1 aliphatic rings. The first-order valence-corrected chi connectivity index (χ1v) is 7.02. The van der Waals surface area contributed by atoms with E-state index < -0.39 is 0 Å². The number of nitrogens with one attached hydrogen (secondary N) is 1. The molecular weight excluding hydrogens is 268 g/mol. The van der Waals surface area contributed by atoms with Gasteiger partial charge in [0.25, 0.3) is 5.56 Å². The summed E-state index contributed by atoms with van der Waals surface area (Å²) in [5.41, 5.74) is 6.47. The Morgan fingerprint density at radius 1 is 1.29 bits per heavy atom. The maximum absolute atomic E-state index is 11.5. The van der Waals surface area contributed by atoms with Gasteiger partial charge in [0.2, 0.25) is 0 Å². The lowest BCUT2D eigenvalue weighted by molar-refractivity contribution is 0.491. The average molecular weight is 286 g/mol. The molecule has 3 rings (SSSR count). The number of hydrogen-bond acceptors (Lipinski definition) is 6. The fourth-order valence-corrected chi connectivity index (χ4v) is 2.74. The molecule has 0 aromatic carbocycles. The van der Waals surface area contributed by atoms with Crippen LogP contribution in [0, 0.1) is 6.92 Å². The Bertz CT molecular complexity index is 690. The van der Waals surface area contributed by atoms with Crippen molar-refractivity contribution < 1.29 is 0 Å². The number of nitrogen functional groups attached to an aromatic ring is 1. The van der Waals surface area contributed by atoms with Gasteiger partial charge in [-0.25, -0.2) is 9.97 Å². The molecule has 2 aromatic rings. The first-order chi connectivity index (χ1) is 10.1. The van der Waals surface area contributed by atoms with E-state index in [0.29, 0.717) is 17.6 Å². The van der Waals surface area contributed by atoms with Crippen LogP contribution in [0.25, 0.3) is 0 Å². The highest BCUT2D eigenvalue weighted by molar-refractivity contribution is 5.42. The van der Waals surface area contributed by atoms with Crippen LogP contribution in [0.15, 0.2) is 23.3 Å². The van der Waals surface area contributed by atoms with Gasteiger partial charge in [-0.3, -0.25) is 9.78 Å². The number of rotatable bonds is 2. The third-order valence-corrected chi connectivity index (χ3v) is 3.76. The van der Waals surface area contributed by atoms with E-state index in [1.54, 1.807) is 18.5 Å². The van der Waals surface area contributed by atoms with Crippen molar-refractivity contribution in [3.05, 3.63) is 40.3 Å². The Hall–Kier alpha value is -2.44. The first-order valence-electron chi connectivity index (χ1n) is 7.02. The highest BCUT2D eigenvalue weighted by atomic mass is 16.1. The van der Waals surface area contributed by atoms with Gasteiger partial charge in [-0.1, -0.05) is 0 Å². The zero-order chi connectivity index (χ0) is 14.8. The molecule has 0 radical (unpaired) electrons. The van der Waals surface area contributed by atoms with Crippen LogP contribution in [-0.2, 0) is 0 Å². The minimum atomic E-state index is -0.0818. The normalized spacial score (nSPS) is 16.1. The zero-order valence-electron chi connectivity index (χ0n) is 11.9. The Morgan fingerprint density at radius 3 is 2.71 bits per heavy atom. The van der Waals surface area contributed by atoms with E-state index in [9.17, 15) is 4.79 Å². The van der Waals surface area contributed by atoms with Crippen molar-refractivity contribution in [2.75, 3.05) is 23.7 Å². The standard InChI is InChI=1S/C14H18N6O/c1-9-17-11(6-14(21)18-9)10-2-4-20(5-3-10)13-8-16-7-12(15)19-13/h6-8,10H,2-5H2,1H3,(H2,15,19)(H,17,18,21). The predicted molar refractivity (Wildman–Crippen MR) is 80.2 cm³/mol. The lowest BCUT2D eigenvalue weighted by Crippen LogP contribution is -2.34. The summed E-state index contributed by atoms with van der Waals surface area (Å²) < 4.78 is 0. The smallest absolute Gasteiger partial charge is 0.251 e. The number of nitrogens with zero attached hydrogens (tertiary/aromatic N) is 4. The molecule has 0 atom stereocenters. The van der Waals surface area contributed by atoms with E-state index in [2.05, 4.69) is 24.8 Å². The van der Waals surface area contributed by atoms with Crippen LogP contribution in [0.4, 0.5) is 11.6 Å². The minimum absolute atomic E-state index is 0.0818. The molecule has 2 aromatic heterocycles. The maximum Gasteiger partial charge on any atom is 0.251 e. The molecule has 7 nitrogen and oxygen atoms in total. The molecule has 1 aliphatic heterocycles. The second-order valence-corrected chi connectivity index (χ2v) is 5.32. The van der Waals surface area contributed by atoms with E-state index in [0.717, 1.165) is 37.4 Å². The summed E-state index contributed by atoms with van der Waals surface area (Å²) in [6, 6.07) is 1.60. The Balaban J connectivity index is 1.71. The molecule has 110 valence electrons. The Labute approximate surface area is 122 Å². The maximum atomic E-state index is 11.5. The van der Waals surface area contributed by atoms with Gasteiger partial charge in [-0.05, 0) is 19.8 Å². The second kappa shape index (κ2) is 5.51. The van der Waals surface area contributed by atoms with Crippen LogP contribution in [0.3, 0.4) is 0 Å². The van der Waals surface area contributed by atoms with E-state index in [4.69, 9.17) is 5.73 Å². The van der Waals surface area contributed by atoms with Crippen molar-refractivity contribution in [1.29, 1.82) is 0 Å². The van der Waals surface area contributed by atoms with E-state index >= 15 is 0 Å². The highest BCUT2D eigenvalue weighted by Gasteiger charge is 2.23. The van der Waals surface area contributed by atoms with E-state index in [1.807, 2.05) is 6.92 Å². The minimum Gasteiger partial charge on any atom is -0.382 e. The summed E-state index contributed by atoms with van der Waals surface area (Å²) in [6.07, 6.45) is 5.14. The van der Waals surface area contributed by atoms with E-state index in [-0.39, 0.29) is 5.56 Å². The third kappa shape index (κ3) is 3.01. The number of nitrogens with two attached hydrogens (primary N) is 1. The van der Waals surface area contributed by atoms with Crippen molar-refractivity contribution in [2.24, 2.45) is 0 Å². The number of hydrogen-bond donors (Lipinski definition) is 2. The molecule has 3 N–H and O–H groups in total. The van der Waals surface area contributed by atoms with Crippen LogP contribution in [-0.4, -0.2) is 33.0 Å². The molecule has 0 unspecified atom stereocenters. The molecule has 0 amide bonds. The van der Waals surface area contributed by atoms with Crippen LogP contribution in [0.5, 0.6) is 0 Å². The fourth-order valence-electron chi connectivity index (χ4n) is 2.74. The monoisotopic (exact) mass is 286 g/mol. The van der Waals surface area contributed by atoms with Gasteiger partial charge in [0.1, 0.15) is 17.5 Å². The Kier molecular flexibility index (Phi) is 3.55. The summed E-state index contributed by atoms with van der Waals surface area (Å²) in [5, 5.41) is 0. The number of anilines is 2. The van der Waals surface area contributed by atoms with Gasteiger partial charge >= 0.3 is 0 Å². The fraction of sp³-hybridized carbons (Fsp3) is 0.429. The van der Waals surface area contributed by atoms with Crippen molar-refractivity contribution in [2.45, 2.75) is 25.7 Å². The molecule has 1 fully saturated rings. The van der Waals surface area contributed by atoms with Crippen LogP contribution in [0.2, 0.25) is 0 Å². The molecule has 0 saturated carbocycles. The molecule has 0 aliphatic carbocycles. The SMILES string of the molecule is Cc1nc(C2CCN(c3cncc(N)n3)CC2)cc(=O)[nH]1. The van der Waals surface area contributed by atoms with Gasteiger partial charge < -0.3 is 15.6 Å². The van der Waals surface area contributed by atoms with Crippen LogP contribution >= 0.6 is 0 Å². The summed E-state index contributed by atoms with van der Waals surface area (Å²) in [5.74, 6) is 2.22. The quantitative estimate of drug-likeness (QED) is 0.848. The largest absolute Gasteiger partial charge is 0.382 e. The summed E-state index contributed by atoms with van der Waals surface area (Å²) in [7, 11) is 0. The number of piperidine rings is 1. The number of aromatic amines is 1. The molecule has 0 bridgehead atoms. The van der Waals surface area contributed by atoms with Gasteiger partial charge in [-0.2, -0.15) is 0 Å². The predicted octanol–water partition coefficient (Wildman–Crippen LogP) is 0.835. The third-order valence-electron chi connectivity index (χ3n) is 3.76. The van der Waals surface area contributed by atoms with Gasteiger partial charge in [0.15, 0.2) is 0 Å². The summed E-state index contributed by atoms with van der Waals surface area (Å²) in [6.45, 7) is 3.52. The lowest BCUT2D eigenvalue weighted by atomic mass is 9.93. The lowest BCUT2D eigenvalue weighted by Gasteiger charge is -2.32. The van der Waals surface area contributed by atoms with Crippen molar-refractivity contribution >= 4 is 11.6 Å². The molecule has 3 heterocycles. The molecular formula is C14H18N6O. The summed E-state index contributed by atoms with van der Waals surface area (Å²) >= 11 is 0. The zero-order valence-corrected chi connectivity index (χ0v) is 11.9. The van der Waals surface area contributed by atoms with Gasteiger partial charge in [0.05, 0.1) is 18.1 Å². The second-order valence-electron chi connectivity index (χ2n) is 5.32. The van der Waals surface area contributed by atoms with Crippen molar-refractivity contribution in [1.82, 2.24) is 19.9 Å². The number of aromatic nitrogens is 4. The van der Waals surface area contributed by atoms with Gasteiger partial charge in [-0.15, -0.1) is 0 Å². The first kappa shape index (κ1) is 13.5. The number of aryl methyl sites for hydroxylation is 1.